The molecule has 21 heavy (non-hydrogen) atoms. The number of aryl methyl sites for hydroxylation is 1. The number of rotatable bonds is 9. The fourth-order valence-electron chi connectivity index (χ4n) is 1.61. The van der Waals surface area contributed by atoms with E-state index in [1.807, 2.05) is 6.92 Å². The lowest BCUT2D eigenvalue weighted by molar-refractivity contribution is -0.105. The molecule has 0 aliphatic carbocycles. The summed E-state index contributed by atoms with van der Waals surface area (Å²) in [7, 11) is 0. The highest BCUT2D eigenvalue weighted by molar-refractivity contribution is 5.86. The Morgan fingerprint density at radius 2 is 2.10 bits per heavy atom. The minimum Gasteiger partial charge on any atom is -0.502 e. The summed E-state index contributed by atoms with van der Waals surface area (Å²) in [5.74, 6) is 0. The SMILES string of the molecule is C=COCCCCOC(=O)Nc1ccc(C)c(NC=O)c1. The maximum absolute atomic E-state index is 11.6. The Hall–Kier alpha value is -2.50. The van der Waals surface area contributed by atoms with E-state index in [0.717, 1.165) is 12.0 Å². The lowest BCUT2D eigenvalue weighted by Crippen LogP contribution is -2.14. The van der Waals surface area contributed by atoms with Crippen LogP contribution in [0.15, 0.2) is 31.0 Å². The molecule has 0 bridgehead atoms. The van der Waals surface area contributed by atoms with E-state index in [9.17, 15) is 9.59 Å². The van der Waals surface area contributed by atoms with Gasteiger partial charge in [-0.05, 0) is 37.5 Å². The fourth-order valence-corrected chi connectivity index (χ4v) is 1.61. The number of hydrogen-bond acceptors (Lipinski definition) is 4. The van der Waals surface area contributed by atoms with Crippen LogP contribution in [0.25, 0.3) is 0 Å². The number of nitrogens with one attached hydrogen (secondary N) is 2. The molecule has 2 amide bonds. The van der Waals surface area contributed by atoms with Crippen LogP contribution in [0.3, 0.4) is 0 Å². The van der Waals surface area contributed by atoms with Gasteiger partial charge in [0, 0.05) is 11.4 Å². The largest absolute Gasteiger partial charge is 0.502 e. The van der Waals surface area contributed by atoms with Crippen LogP contribution in [0, 0.1) is 6.92 Å². The number of benzene rings is 1. The summed E-state index contributed by atoms with van der Waals surface area (Å²) >= 11 is 0. The van der Waals surface area contributed by atoms with Gasteiger partial charge >= 0.3 is 6.09 Å². The van der Waals surface area contributed by atoms with Gasteiger partial charge in [0.2, 0.25) is 6.41 Å². The van der Waals surface area contributed by atoms with E-state index >= 15 is 0 Å². The van der Waals surface area contributed by atoms with Crippen LogP contribution in [0.4, 0.5) is 16.2 Å². The summed E-state index contributed by atoms with van der Waals surface area (Å²) in [6.45, 7) is 6.18. The third-order valence-electron chi connectivity index (χ3n) is 2.71. The molecule has 0 unspecified atom stereocenters. The molecular weight excluding hydrogens is 272 g/mol. The lowest BCUT2D eigenvalue weighted by Gasteiger charge is -2.10. The minimum atomic E-state index is -0.527. The number of ether oxygens (including phenoxy) is 2. The van der Waals surface area contributed by atoms with E-state index in [-0.39, 0.29) is 0 Å². The summed E-state index contributed by atoms with van der Waals surface area (Å²) in [6, 6.07) is 5.21. The molecule has 6 heteroatoms. The predicted octanol–water partition coefficient (Wildman–Crippen LogP) is 3.05. The molecule has 0 aliphatic heterocycles. The first-order chi connectivity index (χ1) is 10.2. The summed E-state index contributed by atoms with van der Waals surface area (Å²) in [5, 5.41) is 5.17. The zero-order chi connectivity index (χ0) is 15.5. The zero-order valence-corrected chi connectivity index (χ0v) is 12.1. The molecule has 0 aliphatic rings. The molecule has 1 aromatic carbocycles. The highest BCUT2D eigenvalue weighted by Gasteiger charge is 2.05. The van der Waals surface area contributed by atoms with Crippen molar-refractivity contribution in [3.05, 3.63) is 36.6 Å². The molecule has 0 radical (unpaired) electrons. The van der Waals surface area contributed by atoms with Crippen molar-refractivity contribution in [3.8, 4) is 0 Å². The van der Waals surface area contributed by atoms with Gasteiger partial charge in [-0.2, -0.15) is 0 Å². The fraction of sp³-hybridized carbons (Fsp3) is 0.333. The number of anilines is 2. The van der Waals surface area contributed by atoms with Gasteiger partial charge in [-0.15, -0.1) is 0 Å². The molecule has 1 aromatic rings. The van der Waals surface area contributed by atoms with E-state index < -0.39 is 6.09 Å². The van der Waals surface area contributed by atoms with Crippen LogP contribution in [0.5, 0.6) is 0 Å². The zero-order valence-electron chi connectivity index (χ0n) is 12.1. The summed E-state index contributed by atoms with van der Waals surface area (Å²) in [5.41, 5.74) is 2.11. The molecule has 0 fully saturated rings. The first-order valence-corrected chi connectivity index (χ1v) is 6.64. The molecule has 1 rings (SSSR count). The Kier molecular flexibility index (Phi) is 7.42. The van der Waals surface area contributed by atoms with Crippen molar-refractivity contribution < 1.29 is 19.1 Å². The van der Waals surface area contributed by atoms with Gasteiger partial charge < -0.3 is 14.8 Å². The molecule has 0 heterocycles. The van der Waals surface area contributed by atoms with Crippen LogP contribution >= 0.6 is 0 Å². The maximum Gasteiger partial charge on any atom is 0.411 e. The van der Waals surface area contributed by atoms with Gasteiger partial charge in [0.05, 0.1) is 19.5 Å². The van der Waals surface area contributed by atoms with Crippen molar-refractivity contribution in [2.24, 2.45) is 0 Å². The molecule has 0 saturated heterocycles. The minimum absolute atomic E-state index is 0.317. The highest BCUT2D eigenvalue weighted by Crippen LogP contribution is 2.19. The first-order valence-electron chi connectivity index (χ1n) is 6.64. The molecule has 114 valence electrons. The second-order valence-corrected chi connectivity index (χ2v) is 4.30. The van der Waals surface area contributed by atoms with Gasteiger partial charge in [0.25, 0.3) is 0 Å². The standard InChI is InChI=1S/C15H20N2O4/c1-3-20-8-4-5-9-21-15(19)17-13-7-6-12(2)14(10-13)16-11-18/h3,6-7,10-11H,1,4-5,8-9H2,2H3,(H,16,18)(H,17,19). The van der Waals surface area contributed by atoms with E-state index in [1.165, 1.54) is 6.26 Å². The lowest BCUT2D eigenvalue weighted by atomic mass is 10.2. The van der Waals surface area contributed by atoms with Crippen LogP contribution in [-0.2, 0) is 14.3 Å². The van der Waals surface area contributed by atoms with Crippen molar-refractivity contribution in [1.82, 2.24) is 0 Å². The normalized spacial score (nSPS) is 9.57. The van der Waals surface area contributed by atoms with Crippen molar-refractivity contribution >= 4 is 23.9 Å². The van der Waals surface area contributed by atoms with Crippen LogP contribution < -0.4 is 10.6 Å². The number of unbranched alkanes of at least 4 members (excludes halogenated alkanes) is 1. The Labute approximate surface area is 124 Å². The second kappa shape index (κ2) is 9.41. The third-order valence-corrected chi connectivity index (χ3v) is 2.71. The molecular formula is C15H20N2O4. The molecule has 0 atom stereocenters. The van der Waals surface area contributed by atoms with Gasteiger partial charge in [-0.1, -0.05) is 12.6 Å². The maximum atomic E-state index is 11.6. The summed E-state index contributed by atoms with van der Waals surface area (Å²) < 4.78 is 9.99. The predicted molar refractivity (Wildman–Crippen MR) is 81.2 cm³/mol. The van der Waals surface area contributed by atoms with Crippen LogP contribution in [0.1, 0.15) is 18.4 Å². The third kappa shape index (κ3) is 6.47. The van der Waals surface area contributed by atoms with E-state index in [2.05, 4.69) is 17.2 Å². The molecule has 0 saturated carbocycles. The number of hydrogen-bond donors (Lipinski definition) is 2. The monoisotopic (exact) mass is 292 g/mol. The summed E-state index contributed by atoms with van der Waals surface area (Å²) in [4.78, 5) is 22.1. The quantitative estimate of drug-likeness (QED) is 0.416. The van der Waals surface area contributed by atoms with Gasteiger partial charge in [-0.3, -0.25) is 10.1 Å². The number of carbonyl (C=O) groups is 2. The Morgan fingerprint density at radius 1 is 1.33 bits per heavy atom. The Morgan fingerprint density at radius 3 is 2.81 bits per heavy atom. The van der Waals surface area contributed by atoms with Gasteiger partial charge in [0.1, 0.15) is 0 Å². The highest BCUT2D eigenvalue weighted by atomic mass is 16.5. The van der Waals surface area contributed by atoms with Gasteiger partial charge in [-0.25, -0.2) is 4.79 Å². The van der Waals surface area contributed by atoms with Crippen LogP contribution in [-0.4, -0.2) is 25.7 Å². The number of amides is 2. The average molecular weight is 292 g/mol. The topological polar surface area (TPSA) is 76.7 Å². The first kappa shape index (κ1) is 16.6. The van der Waals surface area contributed by atoms with Gasteiger partial charge in [0.15, 0.2) is 0 Å². The average Bonchev–Trinajstić information content (AvgIpc) is 2.46. The van der Waals surface area contributed by atoms with E-state index in [4.69, 9.17) is 9.47 Å². The molecule has 6 nitrogen and oxygen atoms in total. The van der Waals surface area contributed by atoms with E-state index in [0.29, 0.717) is 37.4 Å². The summed E-state index contributed by atoms with van der Waals surface area (Å²) in [6.07, 6.45) is 2.95. The molecule has 2 N–H and O–H groups in total. The smallest absolute Gasteiger partial charge is 0.411 e. The van der Waals surface area contributed by atoms with Crippen molar-refractivity contribution in [2.45, 2.75) is 19.8 Å². The Balaban J connectivity index is 2.35. The Bertz CT molecular complexity index is 489. The second-order valence-electron chi connectivity index (χ2n) is 4.30. The van der Waals surface area contributed by atoms with Crippen LogP contribution in [0.2, 0.25) is 0 Å². The van der Waals surface area contributed by atoms with Crippen molar-refractivity contribution in [2.75, 3.05) is 23.8 Å². The van der Waals surface area contributed by atoms with E-state index in [1.54, 1.807) is 18.2 Å². The molecule has 0 aromatic heterocycles. The molecule has 0 spiro atoms. The van der Waals surface area contributed by atoms with Crippen molar-refractivity contribution in [1.29, 1.82) is 0 Å². The van der Waals surface area contributed by atoms with Crippen molar-refractivity contribution in [3.63, 3.8) is 0 Å². The number of carbonyl (C=O) groups excluding carboxylic acids is 2.